The van der Waals surface area contributed by atoms with Gasteiger partial charge in [0.1, 0.15) is 36.3 Å². The van der Waals surface area contributed by atoms with Crippen LogP contribution in [0.25, 0.3) is 0 Å². The first-order chi connectivity index (χ1) is 32.0. The summed E-state index contributed by atoms with van der Waals surface area (Å²) in [5, 5.41) is 32.9. The van der Waals surface area contributed by atoms with Crippen LogP contribution in [0, 0.1) is 17.8 Å². The smallest absolute Gasteiger partial charge is 0.326 e. The number of primary amides is 1. The van der Waals surface area contributed by atoms with Gasteiger partial charge in [-0.15, -0.1) is 0 Å². The molecule has 24 nitrogen and oxygen atoms in total. The molecule has 0 aromatic rings. The van der Waals surface area contributed by atoms with Gasteiger partial charge in [0.15, 0.2) is 0 Å². The van der Waals surface area contributed by atoms with Gasteiger partial charge in [0, 0.05) is 13.0 Å². The molecule has 24 heteroatoms. The molecule has 10 amide bonds. The summed E-state index contributed by atoms with van der Waals surface area (Å²) in [7, 11) is 0. The van der Waals surface area contributed by atoms with Gasteiger partial charge in [-0.1, -0.05) is 34.6 Å². The van der Waals surface area contributed by atoms with Crippen molar-refractivity contribution in [1.82, 2.24) is 52.8 Å². The Balaban J connectivity index is 1.99. The molecule has 0 radical (unpaired) electrons. The quantitative estimate of drug-likeness (QED) is 0.0315. The number of carboxylic acid groups (broad SMARTS) is 1. The van der Waals surface area contributed by atoms with Gasteiger partial charge in [0.2, 0.25) is 59.1 Å². The fourth-order valence-corrected chi connectivity index (χ4v) is 7.76. The van der Waals surface area contributed by atoms with Gasteiger partial charge in [-0.3, -0.25) is 47.9 Å². The number of rotatable bonds is 30. The van der Waals surface area contributed by atoms with Crippen LogP contribution in [-0.4, -0.2) is 157 Å². The monoisotopic (exact) mass is 965 g/mol. The number of hydrogen-bond acceptors (Lipinski definition) is 13. The molecule has 0 aliphatic carbocycles. The lowest BCUT2D eigenvalue weighted by molar-refractivity contribution is -0.144. The SMILES string of the molecule is CC(C)C[C@H](NC(=O)CNC(=O)[C@H](CC(C)C)NC(=O)[C@H](CCCC(N)=O)NC(=O)CNC(=O)[C@@H]1C[C@@H](C)CN1)C(=O)N[C@@H](C)C(=O)NCC(=O)N1CCC[C@H]1C(=O)N[C@@H](CCCCN)C(=O)O. The number of nitrogens with two attached hydrogens (primary N) is 2. The summed E-state index contributed by atoms with van der Waals surface area (Å²) < 4.78 is 0. The highest BCUT2D eigenvalue weighted by Gasteiger charge is 2.36. The topological polar surface area (TPSA) is 372 Å². The van der Waals surface area contributed by atoms with Gasteiger partial charge in [0.05, 0.1) is 25.7 Å². The Bertz CT molecular complexity index is 1780. The van der Waals surface area contributed by atoms with Crippen LogP contribution in [0.15, 0.2) is 0 Å². The van der Waals surface area contributed by atoms with Crippen LogP contribution >= 0.6 is 0 Å². The average molecular weight is 965 g/mol. The number of carboxylic acids is 1. The van der Waals surface area contributed by atoms with E-state index in [0.29, 0.717) is 51.1 Å². The molecule has 2 aliphatic rings. The second-order valence-electron chi connectivity index (χ2n) is 18.5. The number of amides is 10. The molecule has 68 heavy (non-hydrogen) atoms. The molecule has 2 rings (SSSR count). The van der Waals surface area contributed by atoms with Crippen LogP contribution in [-0.2, 0) is 52.7 Å². The van der Waals surface area contributed by atoms with Crippen molar-refractivity contribution in [2.24, 2.45) is 29.2 Å². The van der Waals surface area contributed by atoms with Crippen molar-refractivity contribution in [2.45, 2.75) is 154 Å². The van der Waals surface area contributed by atoms with Gasteiger partial charge < -0.3 is 69.3 Å². The molecule has 8 atom stereocenters. The Hall–Kier alpha value is -5.91. The molecule has 2 saturated heterocycles. The van der Waals surface area contributed by atoms with Crippen molar-refractivity contribution >= 4 is 65.0 Å². The van der Waals surface area contributed by atoms with Crippen molar-refractivity contribution < 1.29 is 57.8 Å². The Kier molecular flexibility index (Phi) is 25.5. The molecule has 0 aromatic heterocycles. The van der Waals surface area contributed by atoms with Crippen LogP contribution < -0.4 is 59.3 Å². The molecule has 0 unspecified atom stereocenters. The summed E-state index contributed by atoms with van der Waals surface area (Å²) in [6.45, 7) is 10.3. The minimum absolute atomic E-state index is 0.0138. The molecule has 0 spiro atoms. The molecule has 2 aliphatic heterocycles. The number of unbranched alkanes of at least 4 members (excludes halogenated alkanes) is 1. The standard InChI is InChI=1S/C44H76N12O12/c1-24(2)17-31(55-41(64)28(12-9-14-34(46)57)52-35(58)21-48-39(62)30-19-26(5)20-47-30)40(63)49-22-36(59)53-32(18-25(3)4)42(65)51-27(6)38(61)50-23-37(60)56-16-10-13-33(56)43(66)54-29(44(67)68)11-7-8-15-45/h24-33,47H,7-23,45H2,1-6H3,(H2,46,57)(H,48,62)(H,49,63)(H,50,61)(H,51,65)(H,52,58)(H,53,59)(H,54,66)(H,55,64)(H,67,68)/t26-,27+,28+,29+,30+,31+,32+,33+/m1/s1. The van der Waals surface area contributed by atoms with Crippen molar-refractivity contribution in [3.05, 3.63) is 0 Å². The maximum atomic E-state index is 13.6. The predicted octanol–water partition coefficient (Wildman–Crippen LogP) is -3.27. The maximum absolute atomic E-state index is 13.6. The highest BCUT2D eigenvalue weighted by Crippen LogP contribution is 2.18. The Morgan fingerprint density at radius 1 is 0.662 bits per heavy atom. The third-order valence-electron chi connectivity index (χ3n) is 11.4. The zero-order valence-electron chi connectivity index (χ0n) is 40.3. The van der Waals surface area contributed by atoms with Gasteiger partial charge >= 0.3 is 5.97 Å². The fraction of sp³-hybridized carbons (Fsp3) is 0.750. The Labute approximate surface area is 397 Å². The summed E-state index contributed by atoms with van der Waals surface area (Å²) in [6, 6.07) is -7.22. The predicted molar refractivity (Wildman–Crippen MR) is 247 cm³/mol. The third kappa shape index (κ3) is 21.4. The summed E-state index contributed by atoms with van der Waals surface area (Å²) in [4.78, 5) is 143. The van der Waals surface area contributed by atoms with E-state index in [1.54, 1.807) is 27.7 Å². The van der Waals surface area contributed by atoms with E-state index in [1.807, 2.05) is 6.92 Å². The molecule has 2 fully saturated rings. The highest BCUT2D eigenvalue weighted by atomic mass is 16.4. The molecule has 0 bridgehead atoms. The van der Waals surface area contributed by atoms with Crippen molar-refractivity contribution in [3.63, 3.8) is 0 Å². The minimum Gasteiger partial charge on any atom is -0.480 e. The second kappa shape index (κ2) is 29.8. The number of carbonyl (C=O) groups excluding carboxylic acids is 10. The molecule has 2 heterocycles. The fourth-order valence-electron chi connectivity index (χ4n) is 7.76. The van der Waals surface area contributed by atoms with E-state index in [9.17, 15) is 57.8 Å². The largest absolute Gasteiger partial charge is 0.480 e. The van der Waals surface area contributed by atoms with Gasteiger partial charge in [-0.2, -0.15) is 0 Å². The first-order valence-corrected chi connectivity index (χ1v) is 23.6. The third-order valence-corrected chi connectivity index (χ3v) is 11.4. The summed E-state index contributed by atoms with van der Waals surface area (Å²) >= 11 is 0. The highest BCUT2D eigenvalue weighted by molar-refractivity contribution is 5.97. The van der Waals surface area contributed by atoms with Crippen molar-refractivity contribution in [3.8, 4) is 0 Å². The number of carbonyl (C=O) groups is 11. The zero-order chi connectivity index (χ0) is 51.1. The number of nitrogens with one attached hydrogen (secondary N) is 9. The number of nitrogens with zero attached hydrogens (tertiary/aromatic N) is 1. The molecule has 14 N–H and O–H groups in total. The molecule has 384 valence electrons. The van der Waals surface area contributed by atoms with Gasteiger partial charge in [-0.25, -0.2) is 4.79 Å². The van der Waals surface area contributed by atoms with E-state index in [2.05, 4.69) is 47.9 Å². The molecule has 0 aromatic carbocycles. The van der Waals surface area contributed by atoms with E-state index >= 15 is 0 Å². The summed E-state index contributed by atoms with van der Waals surface area (Å²) in [5.41, 5.74) is 10.8. The number of likely N-dealkylation sites (tertiary alicyclic amines) is 1. The Morgan fingerprint density at radius 3 is 1.81 bits per heavy atom. The summed E-state index contributed by atoms with van der Waals surface area (Å²) in [5.74, 6) is -7.68. The van der Waals surface area contributed by atoms with Crippen LogP contribution in [0.4, 0.5) is 0 Å². The number of hydrogen-bond donors (Lipinski definition) is 12. The van der Waals surface area contributed by atoms with Crippen molar-refractivity contribution in [2.75, 3.05) is 39.3 Å². The minimum atomic E-state index is -1.21. The molecular weight excluding hydrogens is 889 g/mol. The van der Waals surface area contributed by atoms with Crippen molar-refractivity contribution in [1.29, 1.82) is 0 Å². The molecule has 0 saturated carbocycles. The van der Waals surface area contributed by atoms with E-state index in [-0.39, 0.29) is 62.8 Å². The Morgan fingerprint density at radius 2 is 1.24 bits per heavy atom. The second-order valence-corrected chi connectivity index (χ2v) is 18.5. The number of aliphatic carboxylic acids is 1. The zero-order valence-corrected chi connectivity index (χ0v) is 40.3. The molecular formula is C44H76N12O12. The van der Waals surface area contributed by atoms with Crippen LogP contribution in [0.1, 0.15) is 112 Å². The lowest BCUT2D eigenvalue weighted by Gasteiger charge is -2.26. The van der Waals surface area contributed by atoms with E-state index in [4.69, 9.17) is 11.5 Å². The first-order valence-electron chi connectivity index (χ1n) is 23.6. The summed E-state index contributed by atoms with van der Waals surface area (Å²) in [6.07, 6.45) is 2.97. The van der Waals surface area contributed by atoms with E-state index in [1.165, 1.54) is 11.8 Å². The average Bonchev–Trinajstić information content (AvgIpc) is 3.94. The van der Waals surface area contributed by atoms with Crippen LogP contribution in [0.3, 0.4) is 0 Å². The van der Waals surface area contributed by atoms with E-state index in [0.717, 1.165) is 0 Å². The maximum Gasteiger partial charge on any atom is 0.326 e. The van der Waals surface area contributed by atoms with E-state index < -0.39 is 121 Å². The lowest BCUT2D eigenvalue weighted by Crippen LogP contribution is -2.57. The normalized spacial score (nSPS) is 18.8. The lowest BCUT2D eigenvalue weighted by atomic mass is 10.0. The first kappa shape index (κ1) is 58.2. The van der Waals surface area contributed by atoms with Crippen LogP contribution in [0.2, 0.25) is 0 Å². The van der Waals surface area contributed by atoms with Crippen LogP contribution in [0.5, 0.6) is 0 Å². The van der Waals surface area contributed by atoms with Gasteiger partial charge in [-0.05, 0) is 102 Å². The van der Waals surface area contributed by atoms with Gasteiger partial charge in [0.25, 0.3) is 0 Å².